The minimum Gasteiger partial charge on any atom is -0.339 e. The Morgan fingerprint density at radius 3 is 2.65 bits per heavy atom. The average Bonchev–Trinajstić information content (AvgIpc) is 2.38. The normalized spacial score (nSPS) is 11.2. The topological polar surface area (TPSA) is 81.0 Å². The molecule has 0 aromatic carbocycles. The van der Waals surface area contributed by atoms with Crippen LogP contribution in [0.4, 0.5) is 30.4 Å². The Hall–Kier alpha value is -2.71. The first-order valence-electron chi connectivity index (χ1n) is 5.26. The molecule has 0 bridgehead atoms. The van der Waals surface area contributed by atoms with E-state index >= 15 is 0 Å². The van der Waals surface area contributed by atoms with Crippen LogP contribution in [0.25, 0.3) is 0 Å². The molecule has 6 nitrogen and oxygen atoms in total. The smallest absolute Gasteiger partial charge is 0.339 e. The summed E-state index contributed by atoms with van der Waals surface area (Å²) in [5.74, 6) is -0.0594. The Balaban J connectivity index is 2.36. The Morgan fingerprint density at radius 2 is 2.00 bits per heavy atom. The third-order valence-electron chi connectivity index (χ3n) is 2.34. The van der Waals surface area contributed by atoms with Crippen molar-refractivity contribution in [3.63, 3.8) is 0 Å². The van der Waals surface area contributed by atoms with E-state index in [1.54, 1.807) is 0 Å². The Bertz CT molecular complexity index is 646. The lowest BCUT2D eigenvalue weighted by atomic mass is 10.2. The maximum Gasteiger partial charge on any atom is 0.419 e. The molecule has 0 spiro atoms. The molecule has 0 unspecified atom stereocenters. The zero-order valence-corrected chi connectivity index (χ0v) is 9.76. The van der Waals surface area contributed by atoms with Crippen LogP contribution in [-0.4, -0.2) is 14.9 Å². The lowest BCUT2D eigenvalue weighted by molar-refractivity contribution is -0.384. The van der Waals surface area contributed by atoms with Gasteiger partial charge in [0, 0.05) is 24.7 Å². The summed E-state index contributed by atoms with van der Waals surface area (Å²) < 4.78 is 38.2. The second-order valence-electron chi connectivity index (χ2n) is 3.70. The predicted octanol–water partition coefficient (Wildman–Crippen LogP) is 3.15. The minimum atomic E-state index is -4.59. The van der Waals surface area contributed by atoms with Crippen molar-refractivity contribution in [2.24, 2.45) is 0 Å². The number of pyridine rings is 2. The van der Waals surface area contributed by atoms with Crippen LogP contribution < -0.4 is 5.32 Å². The highest BCUT2D eigenvalue weighted by Gasteiger charge is 2.34. The van der Waals surface area contributed by atoms with Gasteiger partial charge >= 0.3 is 6.18 Å². The molecular formula is C11H7F3N4O2. The number of nitro groups is 1. The molecule has 2 rings (SSSR count). The van der Waals surface area contributed by atoms with E-state index in [0.717, 1.165) is 24.4 Å². The van der Waals surface area contributed by atoms with Crippen molar-refractivity contribution in [3.05, 3.63) is 52.5 Å². The zero-order chi connectivity index (χ0) is 14.8. The monoisotopic (exact) mass is 284 g/mol. The highest BCUT2D eigenvalue weighted by molar-refractivity contribution is 5.62. The number of alkyl halides is 3. The molecule has 104 valence electrons. The third kappa shape index (κ3) is 2.99. The van der Waals surface area contributed by atoms with Crippen molar-refractivity contribution >= 4 is 17.2 Å². The molecule has 9 heteroatoms. The molecule has 1 N–H and O–H groups in total. The number of anilines is 2. The molecule has 0 saturated heterocycles. The fourth-order valence-corrected chi connectivity index (χ4v) is 1.47. The summed E-state index contributed by atoms with van der Waals surface area (Å²) in [7, 11) is 0. The van der Waals surface area contributed by atoms with Gasteiger partial charge in [-0.15, -0.1) is 0 Å². The number of nitrogens with one attached hydrogen (secondary N) is 1. The fraction of sp³-hybridized carbons (Fsp3) is 0.0909. The van der Waals surface area contributed by atoms with Gasteiger partial charge in [-0.05, 0) is 6.07 Å². The number of nitrogens with zero attached hydrogens (tertiary/aromatic N) is 3. The molecular weight excluding hydrogens is 277 g/mol. The maximum absolute atomic E-state index is 12.7. The molecule has 2 aromatic rings. The zero-order valence-electron chi connectivity index (χ0n) is 9.76. The van der Waals surface area contributed by atoms with E-state index in [2.05, 4.69) is 15.3 Å². The van der Waals surface area contributed by atoms with Gasteiger partial charge in [0.25, 0.3) is 5.69 Å². The van der Waals surface area contributed by atoms with Crippen LogP contribution in [0.1, 0.15) is 5.56 Å². The third-order valence-corrected chi connectivity index (χ3v) is 2.34. The van der Waals surface area contributed by atoms with Crippen molar-refractivity contribution in [1.82, 2.24) is 9.97 Å². The molecule has 0 atom stereocenters. The van der Waals surface area contributed by atoms with E-state index in [0.29, 0.717) is 6.20 Å². The second kappa shape index (κ2) is 5.11. The summed E-state index contributed by atoms with van der Waals surface area (Å²) >= 11 is 0. The van der Waals surface area contributed by atoms with Crippen molar-refractivity contribution in [2.45, 2.75) is 6.18 Å². The number of rotatable bonds is 3. The molecule has 0 aliphatic carbocycles. The number of hydrogen-bond donors (Lipinski definition) is 1. The second-order valence-corrected chi connectivity index (χ2v) is 3.70. The first-order valence-corrected chi connectivity index (χ1v) is 5.26. The van der Waals surface area contributed by atoms with E-state index in [-0.39, 0.29) is 17.2 Å². The number of aromatic nitrogens is 2. The Kier molecular flexibility index (Phi) is 3.51. The molecule has 0 radical (unpaired) electrons. The number of hydrogen-bond acceptors (Lipinski definition) is 5. The molecule has 2 heterocycles. The van der Waals surface area contributed by atoms with Crippen molar-refractivity contribution in [1.29, 1.82) is 0 Å². The van der Waals surface area contributed by atoms with Crippen molar-refractivity contribution < 1.29 is 18.1 Å². The van der Waals surface area contributed by atoms with Crippen LogP contribution in [0.15, 0.2) is 36.8 Å². The van der Waals surface area contributed by atoms with E-state index in [1.165, 1.54) is 6.20 Å². The molecule has 20 heavy (non-hydrogen) atoms. The van der Waals surface area contributed by atoms with Crippen molar-refractivity contribution in [2.75, 3.05) is 5.32 Å². The van der Waals surface area contributed by atoms with Gasteiger partial charge in [-0.1, -0.05) is 0 Å². The van der Waals surface area contributed by atoms with Crippen LogP contribution in [-0.2, 0) is 6.18 Å². The highest BCUT2D eigenvalue weighted by Crippen LogP contribution is 2.35. The molecule has 0 fully saturated rings. The summed E-state index contributed by atoms with van der Waals surface area (Å²) in [6, 6.07) is 3.30. The van der Waals surface area contributed by atoms with Crippen LogP contribution in [0.5, 0.6) is 0 Å². The lowest BCUT2D eigenvalue weighted by Crippen LogP contribution is -2.09. The Labute approximate surface area is 110 Å². The summed E-state index contributed by atoms with van der Waals surface area (Å²) in [6.45, 7) is 0. The maximum atomic E-state index is 12.7. The van der Waals surface area contributed by atoms with Crippen LogP contribution in [0.3, 0.4) is 0 Å². The molecule has 0 aliphatic rings. The molecule has 0 saturated carbocycles. The average molecular weight is 284 g/mol. The van der Waals surface area contributed by atoms with E-state index in [1.807, 2.05) is 0 Å². The van der Waals surface area contributed by atoms with Gasteiger partial charge in [-0.3, -0.25) is 15.1 Å². The highest BCUT2D eigenvalue weighted by atomic mass is 19.4. The molecule has 2 aromatic heterocycles. The number of halogens is 3. The minimum absolute atomic E-state index is 0.0594. The van der Waals surface area contributed by atoms with Gasteiger partial charge in [0.05, 0.1) is 22.2 Å². The molecule has 0 amide bonds. The van der Waals surface area contributed by atoms with Gasteiger partial charge in [0.15, 0.2) is 0 Å². The molecule has 0 aliphatic heterocycles. The van der Waals surface area contributed by atoms with Crippen LogP contribution in [0.2, 0.25) is 0 Å². The standard InChI is InChI=1S/C11H7F3N4O2/c12-11(13,14)8-6-15-3-2-9(8)17-10-5-7(18(19)20)1-4-16-10/h1-6H,(H,15,16,17). The summed E-state index contributed by atoms with van der Waals surface area (Å²) in [4.78, 5) is 17.1. The predicted molar refractivity (Wildman–Crippen MR) is 63.4 cm³/mol. The van der Waals surface area contributed by atoms with Crippen LogP contribution in [0, 0.1) is 10.1 Å². The van der Waals surface area contributed by atoms with E-state index < -0.39 is 16.7 Å². The van der Waals surface area contributed by atoms with Gasteiger partial charge in [-0.2, -0.15) is 13.2 Å². The van der Waals surface area contributed by atoms with Gasteiger partial charge in [0.2, 0.25) is 0 Å². The van der Waals surface area contributed by atoms with E-state index in [9.17, 15) is 23.3 Å². The fourth-order valence-electron chi connectivity index (χ4n) is 1.47. The summed E-state index contributed by atoms with van der Waals surface area (Å²) in [5.41, 5.74) is -1.53. The van der Waals surface area contributed by atoms with Crippen LogP contribution >= 0.6 is 0 Å². The first-order chi connectivity index (χ1) is 9.38. The lowest BCUT2D eigenvalue weighted by Gasteiger charge is -2.12. The van der Waals surface area contributed by atoms with Gasteiger partial charge in [0.1, 0.15) is 5.82 Å². The summed E-state index contributed by atoms with van der Waals surface area (Å²) in [5, 5.41) is 13.0. The van der Waals surface area contributed by atoms with E-state index in [4.69, 9.17) is 0 Å². The summed E-state index contributed by atoms with van der Waals surface area (Å²) in [6.07, 6.45) is -1.61. The first kappa shape index (κ1) is 13.7. The van der Waals surface area contributed by atoms with Gasteiger partial charge < -0.3 is 5.32 Å². The van der Waals surface area contributed by atoms with Crippen molar-refractivity contribution in [3.8, 4) is 0 Å². The largest absolute Gasteiger partial charge is 0.419 e. The van der Waals surface area contributed by atoms with Gasteiger partial charge in [-0.25, -0.2) is 4.98 Å². The Morgan fingerprint density at radius 1 is 1.25 bits per heavy atom. The quantitative estimate of drug-likeness (QED) is 0.691. The SMILES string of the molecule is O=[N+]([O-])c1ccnc(Nc2ccncc2C(F)(F)F)c1.